The largest absolute Gasteiger partial charge is 0.465 e. The number of esters is 1. The number of hydrogen-bond acceptors (Lipinski definition) is 4. The fraction of sp³-hybridized carbons (Fsp3) is 0.364. The zero-order chi connectivity index (χ0) is 12.8. The van der Waals surface area contributed by atoms with E-state index >= 15 is 0 Å². The summed E-state index contributed by atoms with van der Waals surface area (Å²) in [5.74, 6) is -0.424. The lowest BCUT2D eigenvalue weighted by Gasteiger charge is -2.11. The first-order valence-corrected chi connectivity index (χ1v) is 5.03. The first-order chi connectivity index (χ1) is 8.04. The van der Waals surface area contributed by atoms with Gasteiger partial charge in [-0.05, 0) is 12.1 Å². The van der Waals surface area contributed by atoms with Crippen molar-refractivity contribution >= 4 is 12.0 Å². The third kappa shape index (κ3) is 3.75. The van der Waals surface area contributed by atoms with Crippen LogP contribution in [0.5, 0.6) is 0 Å². The average Bonchev–Trinajstić information content (AvgIpc) is 2.35. The van der Waals surface area contributed by atoms with E-state index in [9.17, 15) is 9.59 Å². The summed E-state index contributed by atoms with van der Waals surface area (Å²) >= 11 is 0. The lowest BCUT2D eigenvalue weighted by atomic mass is 10.2. The molecule has 0 aliphatic rings. The molecule has 0 fully saturated rings. The number of hydrogen-bond donors (Lipinski definition) is 1. The number of carbonyl (C=O) groups is 2. The second-order valence-corrected chi connectivity index (χ2v) is 3.58. The van der Waals surface area contributed by atoms with Crippen molar-refractivity contribution in [3.8, 4) is 0 Å². The van der Waals surface area contributed by atoms with Crippen molar-refractivity contribution in [2.45, 2.75) is 6.54 Å². The normalized spacial score (nSPS) is 9.59. The highest BCUT2D eigenvalue weighted by molar-refractivity contribution is 5.89. The third-order valence-electron chi connectivity index (χ3n) is 2.06. The van der Waals surface area contributed by atoms with Crippen molar-refractivity contribution in [3.63, 3.8) is 0 Å². The Balaban J connectivity index is 2.66. The van der Waals surface area contributed by atoms with E-state index < -0.39 is 5.97 Å². The van der Waals surface area contributed by atoms with Gasteiger partial charge in [-0.1, -0.05) is 0 Å². The lowest BCUT2D eigenvalue weighted by molar-refractivity contribution is 0.0600. The van der Waals surface area contributed by atoms with Gasteiger partial charge in [0.15, 0.2) is 0 Å². The molecule has 1 N–H and O–H groups in total. The Morgan fingerprint density at radius 2 is 2.18 bits per heavy atom. The molecule has 0 spiro atoms. The van der Waals surface area contributed by atoms with Gasteiger partial charge in [-0.2, -0.15) is 0 Å². The van der Waals surface area contributed by atoms with Gasteiger partial charge < -0.3 is 15.0 Å². The molecule has 0 bridgehead atoms. The van der Waals surface area contributed by atoms with E-state index in [1.807, 2.05) is 0 Å². The highest BCUT2D eigenvalue weighted by Crippen LogP contribution is 2.03. The second kappa shape index (κ2) is 5.83. The van der Waals surface area contributed by atoms with Crippen LogP contribution in [0.3, 0.4) is 0 Å². The summed E-state index contributed by atoms with van der Waals surface area (Å²) in [6.07, 6.45) is 1.50. The molecule has 0 atom stereocenters. The molecule has 6 heteroatoms. The Bertz CT molecular complexity index is 418. The Hall–Kier alpha value is -2.11. The summed E-state index contributed by atoms with van der Waals surface area (Å²) in [5.41, 5.74) is 1.01. The third-order valence-corrected chi connectivity index (χ3v) is 2.06. The first kappa shape index (κ1) is 13.0. The Labute approximate surface area is 99.6 Å². The molecule has 0 saturated heterocycles. The minimum Gasteiger partial charge on any atom is -0.465 e. The van der Waals surface area contributed by atoms with Crippen LogP contribution in [-0.2, 0) is 11.3 Å². The summed E-state index contributed by atoms with van der Waals surface area (Å²) < 4.78 is 4.59. The molecule has 1 aromatic rings. The maximum atomic E-state index is 11.3. The van der Waals surface area contributed by atoms with E-state index in [0.29, 0.717) is 11.3 Å². The van der Waals surface area contributed by atoms with Gasteiger partial charge in [0.2, 0.25) is 0 Å². The molecule has 1 heterocycles. The summed E-state index contributed by atoms with van der Waals surface area (Å²) in [6.45, 7) is 0.266. The number of urea groups is 1. The van der Waals surface area contributed by atoms with Gasteiger partial charge in [0.25, 0.3) is 0 Å². The van der Waals surface area contributed by atoms with E-state index in [1.165, 1.54) is 18.2 Å². The number of amides is 2. The molecule has 1 aromatic heterocycles. The van der Waals surface area contributed by atoms with Gasteiger partial charge >= 0.3 is 12.0 Å². The first-order valence-electron chi connectivity index (χ1n) is 5.03. The molecule has 1 rings (SSSR count). The number of aromatic nitrogens is 1. The molecule has 6 nitrogen and oxygen atoms in total. The molecular formula is C11H15N3O3. The van der Waals surface area contributed by atoms with Crippen LogP contribution >= 0.6 is 0 Å². The molecule has 0 aliphatic heterocycles. The summed E-state index contributed by atoms with van der Waals surface area (Å²) in [7, 11) is 4.61. The lowest BCUT2D eigenvalue weighted by Crippen LogP contribution is -2.34. The van der Waals surface area contributed by atoms with Gasteiger partial charge in [0.05, 0.1) is 24.9 Å². The molecular weight excluding hydrogens is 222 g/mol. The fourth-order valence-electron chi connectivity index (χ4n) is 1.14. The highest BCUT2D eigenvalue weighted by Gasteiger charge is 2.07. The van der Waals surface area contributed by atoms with E-state index in [1.54, 1.807) is 26.2 Å². The van der Waals surface area contributed by atoms with Crippen LogP contribution < -0.4 is 5.32 Å². The van der Waals surface area contributed by atoms with Gasteiger partial charge in [-0.25, -0.2) is 9.59 Å². The zero-order valence-corrected chi connectivity index (χ0v) is 10.1. The number of rotatable bonds is 3. The van der Waals surface area contributed by atoms with Crippen molar-refractivity contribution in [2.24, 2.45) is 0 Å². The molecule has 0 radical (unpaired) electrons. The predicted octanol–water partition coefficient (Wildman–Crippen LogP) is 0.639. The van der Waals surface area contributed by atoms with Crippen LogP contribution in [0, 0.1) is 0 Å². The Morgan fingerprint density at radius 1 is 1.47 bits per heavy atom. The number of nitrogens with zero attached hydrogens (tertiary/aromatic N) is 2. The minimum atomic E-state index is -0.424. The van der Waals surface area contributed by atoms with Crippen molar-refractivity contribution < 1.29 is 14.3 Å². The number of carbonyl (C=O) groups excluding carboxylic acids is 2. The summed E-state index contributed by atoms with van der Waals surface area (Å²) in [4.78, 5) is 28.0. The molecule has 92 valence electrons. The van der Waals surface area contributed by atoms with Crippen LogP contribution in [0.1, 0.15) is 16.1 Å². The standard InChI is InChI=1S/C11H15N3O3/c1-14(2)11(16)13-7-9-6-8(4-5-12-9)10(15)17-3/h4-6H,7H2,1-3H3,(H,13,16). The number of methoxy groups -OCH3 is 1. The zero-order valence-electron chi connectivity index (χ0n) is 10.1. The predicted molar refractivity (Wildman–Crippen MR) is 61.5 cm³/mol. The topological polar surface area (TPSA) is 71.5 Å². The van der Waals surface area contributed by atoms with Gasteiger partial charge in [0, 0.05) is 20.3 Å². The number of nitrogens with one attached hydrogen (secondary N) is 1. The smallest absolute Gasteiger partial charge is 0.337 e. The van der Waals surface area contributed by atoms with Crippen LogP contribution in [0.25, 0.3) is 0 Å². The number of ether oxygens (including phenoxy) is 1. The fourth-order valence-corrected chi connectivity index (χ4v) is 1.14. The molecule has 2 amide bonds. The van der Waals surface area contributed by atoms with Crippen molar-refractivity contribution in [1.29, 1.82) is 0 Å². The van der Waals surface area contributed by atoms with Crippen molar-refractivity contribution in [2.75, 3.05) is 21.2 Å². The molecule has 0 unspecified atom stereocenters. The Morgan fingerprint density at radius 3 is 2.76 bits per heavy atom. The van der Waals surface area contributed by atoms with Gasteiger partial charge in [-0.15, -0.1) is 0 Å². The van der Waals surface area contributed by atoms with Crippen LogP contribution in [0.15, 0.2) is 18.3 Å². The summed E-state index contributed by atoms with van der Waals surface area (Å²) in [6, 6.07) is 2.93. The maximum absolute atomic E-state index is 11.3. The molecule has 17 heavy (non-hydrogen) atoms. The van der Waals surface area contributed by atoms with E-state index in [4.69, 9.17) is 0 Å². The van der Waals surface area contributed by atoms with Crippen LogP contribution in [-0.4, -0.2) is 43.1 Å². The Kier molecular flexibility index (Phi) is 4.45. The molecule has 0 saturated carbocycles. The monoisotopic (exact) mass is 237 g/mol. The van der Waals surface area contributed by atoms with Crippen LogP contribution in [0.4, 0.5) is 4.79 Å². The quantitative estimate of drug-likeness (QED) is 0.783. The molecule has 0 aliphatic carbocycles. The van der Waals surface area contributed by atoms with E-state index in [-0.39, 0.29) is 12.6 Å². The second-order valence-electron chi connectivity index (χ2n) is 3.58. The van der Waals surface area contributed by atoms with Crippen molar-refractivity contribution in [3.05, 3.63) is 29.6 Å². The van der Waals surface area contributed by atoms with Gasteiger partial charge in [0.1, 0.15) is 0 Å². The highest BCUT2D eigenvalue weighted by atomic mass is 16.5. The minimum absolute atomic E-state index is 0.213. The maximum Gasteiger partial charge on any atom is 0.337 e. The summed E-state index contributed by atoms with van der Waals surface area (Å²) in [5, 5.41) is 2.65. The van der Waals surface area contributed by atoms with Gasteiger partial charge in [-0.3, -0.25) is 4.98 Å². The molecule has 0 aromatic carbocycles. The number of pyridine rings is 1. The van der Waals surface area contributed by atoms with Crippen LogP contribution in [0.2, 0.25) is 0 Å². The van der Waals surface area contributed by atoms with Crippen molar-refractivity contribution in [1.82, 2.24) is 15.2 Å². The average molecular weight is 237 g/mol. The van der Waals surface area contributed by atoms with E-state index in [0.717, 1.165) is 0 Å². The van der Waals surface area contributed by atoms with E-state index in [2.05, 4.69) is 15.0 Å². The SMILES string of the molecule is COC(=O)c1ccnc(CNC(=O)N(C)C)c1.